The zero-order valence-electron chi connectivity index (χ0n) is 15.0. The van der Waals surface area contributed by atoms with Gasteiger partial charge in [-0.15, -0.1) is 0 Å². The summed E-state index contributed by atoms with van der Waals surface area (Å²) in [6.45, 7) is 5.68. The second-order valence-electron chi connectivity index (χ2n) is 5.99. The van der Waals surface area contributed by atoms with Gasteiger partial charge in [0, 0.05) is 29.4 Å². The summed E-state index contributed by atoms with van der Waals surface area (Å²) in [6.07, 6.45) is 1.85. The van der Waals surface area contributed by atoms with E-state index in [1.165, 1.54) is 6.07 Å². The van der Waals surface area contributed by atoms with Gasteiger partial charge in [-0.25, -0.2) is 4.79 Å². The lowest BCUT2D eigenvalue weighted by Crippen LogP contribution is -2.27. The van der Waals surface area contributed by atoms with Crippen LogP contribution in [-0.4, -0.2) is 30.1 Å². The highest BCUT2D eigenvalue weighted by Gasteiger charge is 2.17. The van der Waals surface area contributed by atoms with E-state index < -0.39 is 5.97 Å². The average Bonchev–Trinajstić information content (AvgIpc) is 2.62. The lowest BCUT2D eigenvalue weighted by atomic mass is 10.1. The van der Waals surface area contributed by atoms with Crippen LogP contribution in [0.5, 0.6) is 0 Å². The number of benzene rings is 2. The van der Waals surface area contributed by atoms with E-state index in [4.69, 9.17) is 11.6 Å². The molecule has 0 aliphatic carbocycles. The van der Waals surface area contributed by atoms with Crippen molar-refractivity contribution in [1.82, 2.24) is 0 Å². The zero-order valence-corrected chi connectivity index (χ0v) is 15.7. The highest BCUT2D eigenvalue weighted by Crippen LogP contribution is 2.25. The number of amides is 1. The number of rotatable bonds is 8. The topological polar surface area (TPSA) is 69.6 Å². The van der Waals surface area contributed by atoms with Gasteiger partial charge in [0.15, 0.2) is 0 Å². The third kappa shape index (κ3) is 4.99. The van der Waals surface area contributed by atoms with E-state index >= 15 is 0 Å². The average molecular weight is 375 g/mol. The lowest BCUT2D eigenvalue weighted by Gasteiger charge is -2.25. The molecule has 1 amide bonds. The van der Waals surface area contributed by atoms with E-state index in [0.717, 1.165) is 25.9 Å². The lowest BCUT2D eigenvalue weighted by molar-refractivity contribution is 0.0697. The fourth-order valence-electron chi connectivity index (χ4n) is 2.76. The Morgan fingerprint density at radius 1 is 1.04 bits per heavy atom. The summed E-state index contributed by atoms with van der Waals surface area (Å²) in [5, 5.41) is 12.9. The summed E-state index contributed by atoms with van der Waals surface area (Å²) in [4.78, 5) is 26.1. The minimum absolute atomic E-state index is 0.181. The Kier molecular flexibility index (Phi) is 7.04. The zero-order chi connectivity index (χ0) is 19.1. The van der Waals surface area contributed by atoms with Gasteiger partial charge >= 0.3 is 5.97 Å². The first-order valence-corrected chi connectivity index (χ1v) is 9.03. The van der Waals surface area contributed by atoms with Gasteiger partial charge in [0.2, 0.25) is 0 Å². The molecule has 2 aromatic carbocycles. The first kappa shape index (κ1) is 19.8. The SMILES string of the molecule is CCCN(CCC)c1ccc(NC(=O)c2ccc(Cl)cc2)cc1C(=O)O. The molecule has 2 N–H and O–H groups in total. The number of anilines is 2. The third-order valence-electron chi connectivity index (χ3n) is 3.92. The van der Waals surface area contributed by atoms with E-state index in [1.54, 1.807) is 36.4 Å². The molecular weight excluding hydrogens is 352 g/mol. The molecule has 0 aliphatic heterocycles. The number of halogens is 1. The van der Waals surface area contributed by atoms with Crippen molar-refractivity contribution in [2.75, 3.05) is 23.3 Å². The fourth-order valence-corrected chi connectivity index (χ4v) is 2.88. The normalized spacial score (nSPS) is 10.4. The van der Waals surface area contributed by atoms with Crippen molar-refractivity contribution < 1.29 is 14.7 Å². The van der Waals surface area contributed by atoms with E-state index in [9.17, 15) is 14.7 Å². The van der Waals surface area contributed by atoms with Crippen LogP contribution in [0.3, 0.4) is 0 Å². The summed E-state index contributed by atoms with van der Waals surface area (Å²) in [7, 11) is 0. The van der Waals surface area contributed by atoms with Crippen molar-refractivity contribution in [1.29, 1.82) is 0 Å². The Labute approximate surface area is 158 Å². The minimum Gasteiger partial charge on any atom is -0.478 e. The van der Waals surface area contributed by atoms with Crippen LogP contribution < -0.4 is 10.2 Å². The number of nitrogens with zero attached hydrogens (tertiary/aromatic N) is 1. The summed E-state index contributed by atoms with van der Waals surface area (Å²) < 4.78 is 0. The molecule has 6 heteroatoms. The molecule has 138 valence electrons. The van der Waals surface area contributed by atoms with Gasteiger partial charge in [0.25, 0.3) is 5.91 Å². The molecule has 0 radical (unpaired) electrons. The maximum Gasteiger partial charge on any atom is 0.337 e. The number of aromatic carboxylic acids is 1. The number of hydrogen-bond donors (Lipinski definition) is 2. The van der Waals surface area contributed by atoms with Gasteiger partial charge in [-0.05, 0) is 55.3 Å². The van der Waals surface area contributed by atoms with Crippen molar-refractivity contribution in [3.05, 3.63) is 58.6 Å². The molecule has 0 bridgehead atoms. The van der Waals surface area contributed by atoms with Crippen LogP contribution in [0.4, 0.5) is 11.4 Å². The van der Waals surface area contributed by atoms with Crippen LogP contribution in [-0.2, 0) is 0 Å². The Hall–Kier alpha value is -2.53. The number of carbonyl (C=O) groups excluding carboxylic acids is 1. The second-order valence-corrected chi connectivity index (χ2v) is 6.42. The number of carbonyl (C=O) groups is 2. The number of hydrogen-bond acceptors (Lipinski definition) is 3. The molecule has 0 aromatic heterocycles. The van der Waals surface area contributed by atoms with Gasteiger partial charge < -0.3 is 15.3 Å². The van der Waals surface area contributed by atoms with Crippen LogP contribution in [0.2, 0.25) is 5.02 Å². The van der Waals surface area contributed by atoms with Crippen molar-refractivity contribution >= 4 is 34.9 Å². The summed E-state index contributed by atoms with van der Waals surface area (Å²) in [6, 6.07) is 11.5. The van der Waals surface area contributed by atoms with Crippen LogP contribution in [0.1, 0.15) is 47.4 Å². The first-order valence-electron chi connectivity index (χ1n) is 8.65. The Morgan fingerprint density at radius 3 is 2.19 bits per heavy atom. The van der Waals surface area contributed by atoms with E-state index in [-0.39, 0.29) is 11.5 Å². The predicted octanol–water partition coefficient (Wildman–Crippen LogP) is 4.92. The Balaban J connectivity index is 2.28. The molecular formula is C20H23ClN2O3. The summed E-state index contributed by atoms with van der Waals surface area (Å²) in [5.74, 6) is -1.33. The highest BCUT2D eigenvalue weighted by atomic mass is 35.5. The van der Waals surface area contributed by atoms with Crippen molar-refractivity contribution in [2.24, 2.45) is 0 Å². The standard InChI is InChI=1S/C20H23ClN2O3/c1-3-11-23(12-4-2)18-10-9-16(13-17(18)20(25)26)22-19(24)14-5-7-15(21)8-6-14/h5-10,13H,3-4,11-12H2,1-2H3,(H,22,24)(H,25,26). The summed E-state index contributed by atoms with van der Waals surface area (Å²) >= 11 is 5.83. The molecule has 0 atom stereocenters. The predicted molar refractivity (Wildman–Crippen MR) is 106 cm³/mol. The summed E-state index contributed by atoms with van der Waals surface area (Å²) in [5.41, 5.74) is 1.75. The maximum absolute atomic E-state index is 12.3. The highest BCUT2D eigenvalue weighted by molar-refractivity contribution is 6.30. The quantitative estimate of drug-likeness (QED) is 0.688. The Bertz CT molecular complexity index is 769. The van der Waals surface area contributed by atoms with Crippen LogP contribution >= 0.6 is 11.6 Å². The molecule has 2 aromatic rings. The first-order chi connectivity index (χ1) is 12.5. The molecule has 0 heterocycles. The molecule has 0 saturated carbocycles. The molecule has 0 spiro atoms. The molecule has 5 nitrogen and oxygen atoms in total. The molecule has 26 heavy (non-hydrogen) atoms. The molecule has 0 fully saturated rings. The molecule has 0 aliphatic rings. The number of carboxylic acid groups (broad SMARTS) is 1. The third-order valence-corrected chi connectivity index (χ3v) is 4.17. The smallest absolute Gasteiger partial charge is 0.337 e. The maximum atomic E-state index is 12.3. The number of nitrogens with one attached hydrogen (secondary N) is 1. The molecule has 0 saturated heterocycles. The van der Waals surface area contributed by atoms with Gasteiger partial charge in [-0.2, -0.15) is 0 Å². The second kappa shape index (κ2) is 9.25. The van der Waals surface area contributed by atoms with E-state index in [0.29, 0.717) is 22.0 Å². The number of carboxylic acids is 1. The van der Waals surface area contributed by atoms with Crippen molar-refractivity contribution in [3.63, 3.8) is 0 Å². The van der Waals surface area contributed by atoms with Crippen molar-refractivity contribution in [3.8, 4) is 0 Å². The molecule has 2 rings (SSSR count). The van der Waals surface area contributed by atoms with E-state index in [2.05, 4.69) is 24.1 Å². The largest absolute Gasteiger partial charge is 0.478 e. The van der Waals surface area contributed by atoms with Crippen molar-refractivity contribution in [2.45, 2.75) is 26.7 Å². The van der Waals surface area contributed by atoms with Gasteiger partial charge in [0.05, 0.1) is 11.3 Å². The van der Waals surface area contributed by atoms with E-state index in [1.807, 2.05) is 0 Å². The minimum atomic E-state index is -1.01. The van der Waals surface area contributed by atoms with Crippen LogP contribution in [0.25, 0.3) is 0 Å². The van der Waals surface area contributed by atoms with Gasteiger partial charge in [-0.1, -0.05) is 25.4 Å². The Morgan fingerprint density at radius 2 is 1.65 bits per heavy atom. The molecule has 0 unspecified atom stereocenters. The van der Waals surface area contributed by atoms with Crippen LogP contribution in [0, 0.1) is 0 Å². The fraction of sp³-hybridized carbons (Fsp3) is 0.300. The van der Waals surface area contributed by atoms with Crippen LogP contribution in [0.15, 0.2) is 42.5 Å². The monoisotopic (exact) mass is 374 g/mol. The van der Waals surface area contributed by atoms with Gasteiger partial charge in [-0.3, -0.25) is 4.79 Å². The van der Waals surface area contributed by atoms with Gasteiger partial charge in [0.1, 0.15) is 0 Å².